The lowest BCUT2D eigenvalue weighted by Gasteiger charge is -2.11. The van der Waals surface area contributed by atoms with Crippen LogP contribution in [0.5, 0.6) is 5.75 Å². The van der Waals surface area contributed by atoms with Gasteiger partial charge in [0.25, 0.3) is 11.5 Å². The first-order valence-electron chi connectivity index (χ1n) is 9.86. The number of rotatable bonds is 6. The number of carbonyl (C=O) groups excluding carboxylic acids is 2. The molecule has 1 amide bonds. The summed E-state index contributed by atoms with van der Waals surface area (Å²) in [5, 5.41) is 9.71. The van der Waals surface area contributed by atoms with Gasteiger partial charge < -0.3 is 14.8 Å². The van der Waals surface area contributed by atoms with E-state index in [4.69, 9.17) is 21.1 Å². The molecule has 10 heteroatoms. The van der Waals surface area contributed by atoms with Crippen molar-refractivity contribution >= 4 is 50.6 Å². The predicted molar refractivity (Wildman–Crippen MR) is 127 cm³/mol. The maximum absolute atomic E-state index is 13.4. The topological polar surface area (TPSA) is 99.5 Å². The molecule has 0 aliphatic heterocycles. The Hall–Kier alpha value is -3.69. The van der Waals surface area contributed by atoms with E-state index in [1.807, 2.05) is 0 Å². The molecule has 8 nitrogen and oxygen atoms in total. The van der Waals surface area contributed by atoms with E-state index in [1.165, 1.54) is 7.11 Å². The number of fused-ring (bicyclic) bond motifs is 1. The van der Waals surface area contributed by atoms with Crippen LogP contribution in [0.3, 0.4) is 0 Å². The number of hydrogen-bond donors (Lipinski definition) is 1. The number of nitrogens with zero attached hydrogens (tertiary/aromatic N) is 2. The minimum atomic E-state index is -0.682. The highest BCUT2D eigenvalue weighted by atomic mass is 35.5. The lowest BCUT2D eigenvalue weighted by atomic mass is 10.2. The Balaban J connectivity index is 1.89. The third kappa shape index (κ3) is 4.33. The van der Waals surface area contributed by atoms with E-state index in [-0.39, 0.29) is 28.1 Å². The van der Waals surface area contributed by atoms with Crippen molar-refractivity contribution in [2.75, 3.05) is 19.0 Å². The molecule has 0 aliphatic rings. The molecule has 1 N–H and O–H groups in total. The van der Waals surface area contributed by atoms with Gasteiger partial charge in [-0.1, -0.05) is 29.8 Å². The van der Waals surface area contributed by atoms with Crippen molar-refractivity contribution in [3.8, 4) is 11.4 Å². The largest absolute Gasteiger partial charge is 0.496 e. The molecule has 0 fully saturated rings. The molecular formula is C23H18ClN3O5S. The zero-order chi connectivity index (χ0) is 23.5. The summed E-state index contributed by atoms with van der Waals surface area (Å²) in [6, 6.07) is 13.2. The van der Waals surface area contributed by atoms with Crippen LogP contribution in [0, 0.1) is 0 Å². The molecule has 2 aromatic heterocycles. The fraction of sp³-hybridized carbons (Fsp3) is 0.130. The summed E-state index contributed by atoms with van der Waals surface area (Å²) < 4.78 is 11.5. The van der Waals surface area contributed by atoms with Crippen LogP contribution < -0.4 is 15.6 Å². The first kappa shape index (κ1) is 22.5. The monoisotopic (exact) mass is 483 g/mol. The molecule has 0 unspecified atom stereocenters. The standard InChI is InChI=1S/C23H18ClN3O5S/c1-3-32-23(30)19-16-12-33-21(25-20(28)15-9-4-5-10-17(15)31-2)18(16)22(29)27(26-19)14-8-6-7-13(24)11-14/h4-12H,3H2,1-2H3,(H,25,28). The molecule has 0 spiro atoms. The first-order chi connectivity index (χ1) is 15.9. The highest BCUT2D eigenvalue weighted by Gasteiger charge is 2.24. The van der Waals surface area contributed by atoms with Crippen molar-refractivity contribution < 1.29 is 19.1 Å². The Kier molecular flexibility index (Phi) is 6.43. The summed E-state index contributed by atoms with van der Waals surface area (Å²) in [5.41, 5.74) is 0.113. The van der Waals surface area contributed by atoms with Gasteiger partial charge >= 0.3 is 5.97 Å². The number of para-hydroxylation sites is 1. The second-order valence-corrected chi connectivity index (χ2v) is 8.09. The van der Waals surface area contributed by atoms with Crippen molar-refractivity contribution in [2.45, 2.75) is 6.92 Å². The maximum atomic E-state index is 13.4. The zero-order valence-corrected chi connectivity index (χ0v) is 19.2. The van der Waals surface area contributed by atoms with E-state index in [9.17, 15) is 14.4 Å². The fourth-order valence-corrected chi connectivity index (χ4v) is 4.39. The van der Waals surface area contributed by atoms with Gasteiger partial charge in [0.1, 0.15) is 10.8 Å². The Morgan fingerprint density at radius 3 is 2.70 bits per heavy atom. The lowest BCUT2D eigenvalue weighted by Crippen LogP contribution is -2.25. The molecular weight excluding hydrogens is 466 g/mol. The highest BCUT2D eigenvalue weighted by molar-refractivity contribution is 7.16. The summed E-state index contributed by atoms with van der Waals surface area (Å²) in [4.78, 5) is 39.0. The van der Waals surface area contributed by atoms with Crippen LogP contribution >= 0.6 is 22.9 Å². The molecule has 2 heterocycles. The lowest BCUT2D eigenvalue weighted by molar-refractivity contribution is 0.0520. The third-order valence-electron chi connectivity index (χ3n) is 4.75. The normalized spacial score (nSPS) is 10.8. The van der Waals surface area contributed by atoms with E-state index >= 15 is 0 Å². The van der Waals surface area contributed by atoms with Gasteiger partial charge in [0.05, 0.1) is 30.4 Å². The Labute approximate surface area is 197 Å². The molecule has 168 valence electrons. The van der Waals surface area contributed by atoms with Crippen LogP contribution in [-0.4, -0.2) is 35.4 Å². The number of hydrogen-bond acceptors (Lipinski definition) is 7. The van der Waals surface area contributed by atoms with Gasteiger partial charge in [0.15, 0.2) is 5.69 Å². The minimum absolute atomic E-state index is 0.0412. The molecule has 33 heavy (non-hydrogen) atoms. The Morgan fingerprint density at radius 1 is 1.18 bits per heavy atom. The number of carbonyl (C=O) groups is 2. The summed E-state index contributed by atoms with van der Waals surface area (Å²) in [7, 11) is 1.47. The number of halogens is 1. The van der Waals surface area contributed by atoms with Crippen molar-refractivity contribution in [1.29, 1.82) is 0 Å². The second-order valence-electron chi connectivity index (χ2n) is 6.77. The van der Waals surface area contributed by atoms with Crippen molar-refractivity contribution in [3.63, 3.8) is 0 Å². The molecule has 0 atom stereocenters. The average Bonchev–Trinajstić information content (AvgIpc) is 3.23. The van der Waals surface area contributed by atoms with E-state index < -0.39 is 17.4 Å². The van der Waals surface area contributed by atoms with Gasteiger partial charge in [0.2, 0.25) is 0 Å². The molecule has 4 aromatic rings. The van der Waals surface area contributed by atoms with Crippen LogP contribution in [0.15, 0.2) is 58.7 Å². The van der Waals surface area contributed by atoms with Crippen LogP contribution in [0.4, 0.5) is 5.00 Å². The molecule has 4 rings (SSSR count). The SMILES string of the molecule is CCOC(=O)c1nn(-c2cccc(Cl)c2)c(=O)c2c(NC(=O)c3ccccc3OC)scc12. The van der Waals surface area contributed by atoms with Gasteiger partial charge in [-0.05, 0) is 37.3 Å². The number of aromatic nitrogens is 2. The number of thiophene rings is 1. The van der Waals surface area contributed by atoms with E-state index in [2.05, 4.69) is 10.4 Å². The minimum Gasteiger partial charge on any atom is -0.496 e. The smallest absolute Gasteiger partial charge is 0.359 e. The van der Waals surface area contributed by atoms with Gasteiger partial charge in [-0.3, -0.25) is 9.59 Å². The van der Waals surface area contributed by atoms with Gasteiger partial charge in [-0.15, -0.1) is 11.3 Å². The zero-order valence-electron chi connectivity index (χ0n) is 17.6. The van der Waals surface area contributed by atoms with E-state index in [1.54, 1.807) is 60.8 Å². The number of benzene rings is 2. The molecule has 0 saturated carbocycles. The summed E-state index contributed by atoms with van der Waals surface area (Å²) in [6.07, 6.45) is 0. The van der Waals surface area contributed by atoms with Gasteiger partial charge in [-0.2, -0.15) is 9.78 Å². The third-order valence-corrected chi connectivity index (χ3v) is 5.88. The molecule has 0 bridgehead atoms. The number of esters is 1. The maximum Gasteiger partial charge on any atom is 0.359 e. The number of amides is 1. The first-order valence-corrected chi connectivity index (χ1v) is 11.1. The molecule has 0 aliphatic carbocycles. The molecule has 2 aromatic carbocycles. The summed E-state index contributed by atoms with van der Waals surface area (Å²) in [6.45, 7) is 1.81. The van der Waals surface area contributed by atoms with E-state index in [0.717, 1.165) is 16.0 Å². The average molecular weight is 484 g/mol. The molecule has 0 saturated heterocycles. The number of methoxy groups -OCH3 is 1. The number of ether oxygens (including phenoxy) is 2. The van der Waals surface area contributed by atoms with Crippen molar-refractivity contribution in [2.24, 2.45) is 0 Å². The van der Waals surface area contributed by atoms with E-state index in [0.29, 0.717) is 22.0 Å². The highest BCUT2D eigenvalue weighted by Crippen LogP contribution is 2.32. The van der Waals surface area contributed by atoms with Crippen LogP contribution in [0.2, 0.25) is 5.02 Å². The Morgan fingerprint density at radius 2 is 1.97 bits per heavy atom. The van der Waals surface area contributed by atoms with Crippen molar-refractivity contribution in [3.05, 3.63) is 80.5 Å². The molecule has 0 radical (unpaired) electrons. The van der Waals surface area contributed by atoms with Gasteiger partial charge in [-0.25, -0.2) is 4.79 Å². The van der Waals surface area contributed by atoms with Crippen LogP contribution in [-0.2, 0) is 4.74 Å². The predicted octanol–water partition coefficient (Wildman–Crippen LogP) is 4.54. The van der Waals surface area contributed by atoms with Gasteiger partial charge in [0, 0.05) is 15.8 Å². The second kappa shape index (κ2) is 9.43. The van der Waals surface area contributed by atoms with Crippen molar-refractivity contribution in [1.82, 2.24) is 9.78 Å². The summed E-state index contributed by atoms with van der Waals surface area (Å²) in [5.74, 6) is -0.751. The van der Waals surface area contributed by atoms with Crippen LogP contribution in [0.1, 0.15) is 27.8 Å². The van der Waals surface area contributed by atoms with Crippen LogP contribution in [0.25, 0.3) is 16.5 Å². The number of nitrogens with one attached hydrogen (secondary N) is 1. The Bertz CT molecular complexity index is 1430. The quantitative estimate of drug-likeness (QED) is 0.404. The number of anilines is 1. The summed E-state index contributed by atoms with van der Waals surface area (Å²) >= 11 is 7.20. The fourth-order valence-electron chi connectivity index (χ4n) is 3.28.